The SMILES string of the molecule is CC[C@@H]1C(C)=C2/C=C3\N/C(=C4\c5[nH]c(c(C)c5[C@H](O)[C@@H]4C(=O)OC)/C=c4\[nH]/c(c(C)c4[C@H]4CO4)=C\C1N2)[C@@H](CCC(=O)OCC=C(C)C)[C@@H]3C. The number of aliphatic hydroxyl groups is 1. The number of epoxide rings is 1. The molecule has 0 spiro atoms. The Labute approximate surface area is 293 Å². The van der Waals surface area contributed by atoms with Gasteiger partial charge in [0, 0.05) is 74.4 Å². The Morgan fingerprint density at radius 3 is 2.50 bits per heavy atom. The van der Waals surface area contributed by atoms with Gasteiger partial charge in [-0.05, 0) is 88.5 Å². The van der Waals surface area contributed by atoms with E-state index in [1.165, 1.54) is 18.2 Å². The quantitative estimate of drug-likeness (QED) is 0.156. The van der Waals surface area contributed by atoms with Crippen LogP contribution in [0.3, 0.4) is 0 Å². The fourth-order valence-electron chi connectivity index (χ4n) is 8.59. The molecule has 0 saturated carbocycles. The number of hydrogen-bond acceptors (Lipinski definition) is 8. The summed E-state index contributed by atoms with van der Waals surface area (Å²) in [5.41, 5.74) is 11.4. The molecule has 0 amide bonds. The van der Waals surface area contributed by atoms with Gasteiger partial charge in [-0.3, -0.25) is 9.59 Å². The summed E-state index contributed by atoms with van der Waals surface area (Å²) in [6, 6.07) is 0.0924. The summed E-state index contributed by atoms with van der Waals surface area (Å²) in [6.07, 6.45) is 9.14. The summed E-state index contributed by atoms with van der Waals surface area (Å²) in [5, 5.41) is 21.5. The van der Waals surface area contributed by atoms with E-state index in [4.69, 9.17) is 14.2 Å². The lowest BCUT2D eigenvalue weighted by atomic mass is 9.84. The van der Waals surface area contributed by atoms with Crippen molar-refractivity contribution in [1.29, 1.82) is 0 Å². The van der Waals surface area contributed by atoms with Crippen molar-refractivity contribution >= 4 is 29.7 Å². The van der Waals surface area contributed by atoms with E-state index in [0.29, 0.717) is 30.1 Å². The normalized spacial score (nSPS) is 31.5. The van der Waals surface area contributed by atoms with Crippen molar-refractivity contribution < 1.29 is 28.9 Å². The summed E-state index contributed by atoms with van der Waals surface area (Å²) in [4.78, 5) is 33.8. The van der Waals surface area contributed by atoms with Gasteiger partial charge in [0.15, 0.2) is 0 Å². The minimum atomic E-state index is -1.11. The van der Waals surface area contributed by atoms with Crippen molar-refractivity contribution in [2.45, 2.75) is 86.0 Å². The molecule has 2 fully saturated rings. The maximum absolute atomic E-state index is 13.5. The van der Waals surface area contributed by atoms with Crippen LogP contribution in [0.1, 0.15) is 99.7 Å². The number of carbonyl (C=O) groups is 2. The average molecular weight is 683 g/mol. The Bertz CT molecular complexity index is 2000. The number of methoxy groups -OCH3 is 1. The topological polar surface area (TPSA) is 141 Å². The highest BCUT2D eigenvalue weighted by molar-refractivity contribution is 5.95. The molecular weight excluding hydrogens is 632 g/mol. The molecule has 1 unspecified atom stereocenters. The summed E-state index contributed by atoms with van der Waals surface area (Å²) in [7, 11) is 1.36. The lowest BCUT2D eigenvalue weighted by Gasteiger charge is -2.21. The molecule has 266 valence electrons. The maximum Gasteiger partial charge on any atom is 0.316 e. The second-order valence-corrected chi connectivity index (χ2v) is 14.8. The van der Waals surface area contributed by atoms with Gasteiger partial charge in [0.25, 0.3) is 0 Å². The Hall–Kier alpha value is -4.28. The molecular formula is C40H50N4O6. The minimum Gasteiger partial charge on any atom is -0.468 e. The third kappa shape index (κ3) is 5.76. The molecule has 1 aliphatic carbocycles. The van der Waals surface area contributed by atoms with Crippen LogP contribution in [-0.4, -0.2) is 53.4 Å². The standard InChI is InChI=1S/C40H50N4O6/c1-9-23-19(4)25-14-26-20(5)24(10-11-32(45)49-13-12-18(2)3)37(43-26)35-36(40(47)48-8)39(46)34-22(7)28(44-38(34)35)16-30-33(31-17-50-31)21(6)27(42-30)15-29(23)41-25/h12,14-16,20,23-24,29,31,36,39,41-44,46H,9-11,13,17H2,1-8H3/b26-14-,27-15-,30-16-,37-35-/t20-,23+,24-,29?,31+,36+,39-/m0/s1. The number of allylic oxidation sites excluding steroid dienone is 4. The summed E-state index contributed by atoms with van der Waals surface area (Å²) in [6.45, 7) is 15.6. The fraction of sp³-hybridized carbons (Fsp3) is 0.500. The number of H-pyrrole nitrogens is 2. The summed E-state index contributed by atoms with van der Waals surface area (Å²) >= 11 is 0. The van der Waals surface area contributed by atoms with Crippen LogP contribution in [0.15, 0.2) is 40.4 Å². The van der Waals surface area contributed by atoms with Gasteiger partial charge in [0.05, 0.1) is 31.6 Å². The first-order valence-corrected chi connectivity index (χ1v) is 17.9. The van der Waals surface area contributed by atoms with E-state index in [2.05, 4.69) is 66.5 Å². The van der Waals surface area contributed by atoms with E-state index in [-0.39, 0.29) is 43.0 Å². The highest BCUT2D eigenvalue weighted by Crippen LogP contribution is 2.52. The molecule has 2 aromatic heterocycles. The van der Waals surface area contributed by atoms with Crippen LogP contribution in [-0.2, 0) is 23.8 Å². The number of fused-ring (bicyclic) bond motifs is 7. The molecule has 0 aromatic carbocycles. The number of rotatable bonds is 8. The predicted octanol–water partition coefficient (Wildman–Crippen LogP) is 4.50. The fourth-order valence-corrected chi connectivity index (χ4v) is 8.59. The van der Waals surface area contributed by atoms with Crippen LogP contribution in [0.5, 0.6) is 0 Å². The van der Waals surface area contributed by atoms with Crippen LogP contribution >= 0.6 is 0 Å². The smallest absolute Gasteiger partial charge is 0.316 e. The van der Waals surface area contributed by atoms with E-state index in [0.717, 1.165) is 62.3 Å². The predicted molar refractivity (Wildman–Crippen MR) is 191 cm³/mol. The molecule has 5 N–H and O–H groups in total. The van der Waals surface area contributed by atoms with Crippen molar-refractivity contribution in [3.05, 3.63) is 84.7 Å². The number of ether oxygens (including phenoxy) is 3. The molecule has 10 nitrogen and oxygen atoms in total. The zero-order valence-electron chi connectivity index (χ0n) is 30.4. The van der Waals surface area contributed by atoms with E-state index >= 15 is 0 Å². The van der Waals surface area contributed by atoms with Crippen molar-refractivity contribution in [3.8, 4) is 0 Å². The number of aromatic nitrogens is 2. The monoisotopic (exact) mass is 682 g/mol. The number of aliphatic hydroxyl groups excluding tert-OH is 1. The molecule has 5 aliphatic rings. The van der Waals surface area contributed by atoms with Gasteiger partial charge in [0.2, 0.25) is 0 Å². The van der Waals surface area contributed by atoms with Crippen LogP contribution in [0.2, 0.25) is 0 Å². The average Bonchev–Trinajstić information content (AvgIpc) is 3.46. The first kappa shape index (κ1) is 34.2. The largest absolute Gasteiger partial charge is 0.468 e. The Balaban J connectivity index is 1.44. The van der Waals surface area contributed by atoms with Crippen LogP contribution in [0.25, 0.3) is 17.7 Å². The molecule has 2 saturated heterocycles. The Morgan fingerprint density at radius 1 is 1.06 bits per heavy atom. The zero-order valence-corrected chi connectivity index (χ0v) is 30.4. The molecule has 7 rings (SSSR count). The minimum absolute atomic E-state index is 0.0144. The van der Waals surface area contributed by atoms with Gasteiger partial charge < -0.3 is 39.9 Å². The summed E-state index contributed by atoms with van der Waals surface area (Å²) < 4.78 is 16.7. The lowest BCUT2D eigenvalue weighted by molar-refractivity contribution is -0.146. The van der Waals surface area contributed by atoms with Crippen LogP contribution in [0.4, 0.5) is 0 Å². The molecule has 4 aliphatic heterocycles. The third-order valence-electron chi connectivity index (χ3n) is 11.5. The molecule has 50 heavy (non-hydrogen) atoms. The number of esters is 2. The van der Waals surface area contributed by atoms with E-state index < -0.39 is 18.0 Å². The van der Waals surface area contributed by atoms with Gasteiger partial charge in [-0.1, -0.05) is 19.4 Å². The highest BCUT2D eigenvalue weighted by atomic mass is 16.6. The molecule has 2 aromatic rings. The number of carbonyl (C=O) groups excluding carboxylic acids is 2. The van der Waals surface area contributed by atoms with Crippen molar-refractivity contribution in [2.75, 3.05) is 20.3 Å². The van der Waals surface area contributed by atoms with Gasteiger partial charge in [-0.25, -0.2) is 0 Å². The van der Waals surface area contributed by atoms with Gasteiger partial charge in [-0.15, -0.1) is 0 Å². The van der Waals surface area contributed by atoms with E-state index in [1.807, 2.05) is 26.8 Å². The Morgan fingerprint density at radius 2 is 1.82 bits per heavy atom. The third-order valence-corrected chi connectivity index (χ3v) is 11.5. The van der Waals surface area contributed by atoms with Crippen molar-refractivity contribution in [2.24, 2.45) is 23.7 Å². The Kier molecular flexibility index (Phi) is 8.97. The van der Waals surface area contributed by atoms with Crippen molar-refractivity contribution in [3.63, 3.8) is 0 Å². The maximum atomic E-state index is 13.5. The van der Waals surface area contributed by atoms with Gasteiger partial charge in [0.1, 0.15) is 18.6 Å². The molecule has 0 radical (unpaired) electrons. The van der Waals surface area contributed by atoms with E-state index in [9.17, 15) is 14.7 Å². The number of hydrogen-bond donors (Lipinski definition) is 5. The van der Waals surface area contributed by atoms with Crippen LogP contribution < -0.4 is 21.3 Å². The second kappa shape index (κ2) is 13.1. The zero-order chi connectivity index (χ0) is 35.6. The van der Waals surface area contributed by atoms with Gasteiger partial charge >= 0.3 is 11.9 Å². The van der Waals surface area contributed by atoms with Gasteiger partial charge in [-0.2, -0.15) is 0 Å². The number of aromatic amines is 2. The summed E-state index contributed by atoms with van der Waals surface area (Å²) in [5.74, 6) is -1.57. The molecule has 8 bridgehead atoms. The molecule has 10 heteroatoms. The molecule has 7 atom stereocenters. The lowest BCUT2D eigenvalue weighted by Crippen LogP contribution is -2.29. The van der Waals surface area contributed by atoms with E-state index in [1.54, 1.807) is 0 Å². The van der Waals surface area contributed by atoms with Crippen LogP contribution in [0, 0.1) is 37.5 Å². The second-order valence-electron chi connectivity index (χ2n) is 14.8. The number of nitrogens with one attached hydrogen (secondary N) is 4. The first-order chi connectivity index (χ1) is 23.9. The van der Waals surface area contributed by atoms with Crippen molar-refractivity contribution in [1.82, 2.24) is 20.6 Å². The first-order valence-electron chi connectivity index (χ1n) is 17.9. The highest BCUT2D eigenvalue weighted by Gasteiger charge is 2.48. The molecule has 6 heterocycles.